The maximum Gasteiger partial charge on any atom is 0.241 e. The summed E-state index contributed by atoms with van der Waals surface area (Å²) in [7, 11) is 0. The Bertz CT molecular complexity index is 659. The highest BCUT2D eigenvalue weighted by molar-refractivity contribution is 5.97. The van der Waals surface area contributed by atoms with Crippen molar-refractivity contribution in [3.63, 3.8) is 0 Å². The molecule has 2 rings (SSSR count). The van der Waals surface area contributed by atoms with Gasteiger partial charge in [0.05, 0.1) is 23.8 Å². The molecule has 1 unspecified atom stereocenters. The molecule has 2 amide bonds. The molecule has 0 spiro atoms. The van der Waals surface area contributed by atoms with Gasteiger partial charge in [-0.25, -0.2) is 9.07 Å². The quantitative estimate of drug-likeness (QED) is 0.641. The number of tetrazole rings is 1. The Balaban J connectivity index is 2.18. The fraction of sp³-hybridized carbons (Fsp3) is 0.182. The number of hydrogen-bond acceptors (Lipinski definition) is 6. The van der Waals surface area contributed by atoms with Crippen LogP contribution in [0, 0.1) is 5.82 Å². The van der Waals surface area contributed by atoms with Gasteiger partial charge in [-0.1, -0.05) is 0 Å². The summed E-state index contributed by atoms with van der Waals surface area (Å²) in [5.41, 5.74) is 10.8. The molecular formula is C11H12FN7O2. The second-order valence-electron chi connectivity index (χ2n) is 4.18. The van der Waals surface area contributed by atoms with Crippen molar-refractivity contribution in [1.82, 2.24) is 20.2 Å². The molecule has 2 aromatic rings. The summed E-state index contributed by atoms with van der Waals surface area (Å²) in [4.78, 5) is 22.4. The number of benzene rings is 1. The van der Waals surface area contributed by atoms with E-state index in [-0.39, 0.29) is 12.1 Å². The third-order valence-corrected chi connectivity index (χ3v) is 2.58. The Hall–Kier alpha value is -2.88. The highest BCUT2D eigenvalue weighted by Crippen LogP contribution is 2.18. The third-order valence-electron chi connectivity index (χ3n) is 2.58. The van der Waals surface area contributed by atoms with Gasteiger partial charge in [-0.05, 0) is 28.6 Å². The van der Waals surface area contributed by atoms with Gasteiger partial charge < -0.3 is 16.8 Å². The van der Waals surface area contributed by atoms with Gasteiger partial charge in [0.25, 0.3) is 0 Å². The number of nitrogens with two attached hydrogens (primary N) is 2. The van der Waals surface area contributed by atoms with E-state index in [9.17, 15) is 14.0 Å². The van der Waals surface area contributed by atoms with E-state index in [1.54, 1.807) is 0 Å². The zero-order valence-electron chi connectivity index (χ0n) is 10.7. The summed E-state index contributed by atoms with van der Waals surface area (Å²) in [6.07, 6.45) is 0.984. The van der Waals surface area contributed by atoms with Crippen LogP contribution in [0.1, 0.15) is 6.42 Å². The van der Waals surface area contributed by atoms with E-state index in [1.807, 2.05) is 0 Å². The van der Waals surface area contributed by atoms with E-state index in [0.717, 1.165) is 6.07 Å². The highest BCUT2D eigenvalue weighted by atomic mass is 19.1. The first-order chi connectivity index (χ1) is 9.97. The van der Waals surface area contributed by atoms with E-state index in [2.05, 4.69) is 20.8 Å². The number of anilines is 1. The minimum absolute atomic E-state index is 0.104. The molecule has 0 radical (unpaired) electrons. The number of halogens is 1. The van der Waals surface area contributed by atoms with Crippen LogP contribution in [0.15, 0.2) is 24.5 Å². The first-order valence-electron chi connectivity index (χ1n) is 5.85. The zero-order valence-corrected chi connectivity index (χ0v) is 10.7. The van der Waals surface area contributed by atoms with E-state index in [1.165, 1.54) is 23.1 Å². The maximum atomic E-state index is 13.7. The van der Waals surface area contributed by atoms with Crippen LogP contribution in [0.3, 0.4) is 0 Å². The number of rotatable bonds is 5. The number of carbonyl (C=O) groups is 2. The van der Waals surface area contributed by atoms with Crippen molar-refractivity contribution in [1.29, 1.82) is 0 Å². The fourth-order valence-electron chi connectivity index (χ4n) is 1.57. The normalized spacial score (nSPS) is 11.9. The lowest BCUT2D eigenvalue weighted by Gasteiger charge is -2.12. The smallest absolute Gasteiger partial charge is 0.241 e. The molecule has 10 heteroatoms. The van der Waals surface area contributed by atoms with Crippen molar-refractivity contribution in [2.45, 2.75) is 12.5 Å². The van der Waals surface area contributed by atoms with E-state index in [0.29, 0.717) is 5.69 Å². The summed E-state index contributed by atoms with van der Waals surface area (Å²) in [5, 5.41) is 12.8. The molecule has 1 atom stereocenters. The van der Waals surface area contributed by atoms with E-state index < -0.39 is 23.7 Å². The lowest BCUT2D eigenvalue weighted by molar-refractivity contribution is -0.123. The largest absolute Gasteiger partial charge is 0.370 e. The zero-order chi connectivity index (χ0) is 15.4. The van der Waals surface area contributed by atoms with Gasteiger partial charge in [0.15, 0.2) is 0 Å². The van der Waals surface area contributed by atoms with Crippen LogP contribution >= 0.6 is 0 Å². The molecule has 110 valence electrons. The number of nitrogens with one attached hydrogen (secondary N) is 1. The summed E-state index contributed by atoms with van der Waals surface area (Å²) < 4.78 is 15.0. The summed E-state index contributed by atoms with van der Waals surface area (Å²) in [5.74, 6) is -2.10. The molecule has 0 saturated carbocycles. The minimum Gasteiger partial charge on any atom is -0.370 e. The molecule has 9 nitrogen and oxygen atoms in total. The molecule has 5 N–H and O–H groups in total. The van der Waals surface area contributed by atoms with Crippen molar-refractivity contribution in [3.8, 4) is 5.69 Å². The van der Waals surface area contributed by atoms with Crippen LogP contribution in [0.25, 0.3) is 5.69 Å². The average molecular weight is 293 g/mol. The average Bonchev–Trinajstić information content (AvgIpc) is 2.94. The highest BCUT2D eigenvalue weighted by Gasteiger charge is 2.18. The predicted molar refractivity (Wildman–Crippen MR) is 69.5 cm³/mol. The topological polar surface area (TPSA) is 142 Å². The predicted octanol–water partition coefficient (Wildman–Crippen LogP) is -1.06. The standard InChI is InChI=1S/C11H12FN7O2/c12-7-2-1-6(19-5-15-17-18-19)3-9(7)16-11(21)8(13)4-10(14)20/h1-3,5,8H,4,13H2,(H2,14,20)(H,16,21). The molecule has 0 saturated heterocycles. The lowest BCUT2D eigenvalue weighted by atomic mass is 10.2. The molecule has 0 fully saturated rings. The Labute approximate surface area is 118 Å². The second-order valence-corrected chi connectivity index (χ2v) is 4.18. The summed E-state index contributed by atoms with van der Waals surface area (Å²) >= 11 is 0. The monoisotopic (exact) mass is 293 g/mol. The van der Waals surface area contributed by atoms with Crippen molar-refractivity contribution in [3.05, 3.63) is 30.3 Å². The third kappa shape index (κ3) is 3.57. The van der Waals surface area contributed by atoms with Gasteiger partial charge in [0.2, 0.25) is 11.8 Å². The number of hydrogen-bond donors (Lipinski definition) is 3. The van der Waals surface area contributed by atoms with Crippen molar-refractivity contribution >= 4 is 17.5 Å². The van der Waals surface area contributed by atoms with Crippen LogP contribution in [0.5, 0.6) is 0 Å². The molecule has 0 aliphatic rings. The van der Waals surface area contributed by atoms with Gasteiger partial charge in [-0.15, -0.1) is 5.10 Å². The summed E-state index contributed by atoms with van der Waals surface area (Å²) in [6.45, 7) is 0. The number of aromatic nitrogens is 4. The molecule has 1 aromatic carbocycles. The van der Waals surface area contributed by atoms with Crippen molar-refractivity contribution in [2.75, 3.05) is 5.32 Å². The Morgan fingerprint density at radius 2 is 2.19 bits per heavy atom. The van der Waals surface area contributed by atoms with Gasteiger partial charge in [0.1, 0.15) is 12.1 Å². The number of primary amides is 1. The molecule has 0 aliphatic heterocycles. The van der Waals surface area contributed by atoms with Crippen LogP contribution in [0.4, 0.5) is 10.1 Å². The van der Waals surface area contributed by atoms with Gasteiger partial charge >= 0.3 is 0 Å². The van der Waals surface area contributed by atoms with Gasteiger partial charge in [0, 0.05) is 0 Å². The Kier molecular flexibility index (Phi) is 4.18. The molecule has 1 heterocycles. The van der Waals surface area contributed by atoms with Crippen LogP contribution in [-0.2, 0) is 9.59 Å². The first kappa shape index (κ1) is 14.5. The SMILES string of the molecule is NC(=O)CC(N)C(=O)Nc1cc(-n2cnnn2)ccc1F. The fourth-order valence-corrected chi connectivity index (χ4v) is 1.57. The van der Waals surface area contributed by atoms with E-state index in [4.69, 9.17) is 11.5 Å². The number of carbonyl (C=O) groups excluding carboxylic acids is 2. The first-order valence-corrected chi connectivity index (χ1v) is 5.85. The van der Waals surface area contributed by atoms with Gasteiger partial charge in [-0.2, -0.15) is 0 Å². The lowest BCUT2D eigenvalue weighted by Crippen LogP contribution is -2.39. The summed E-state index contributed by atoms with van der Waals surface area (Å²) in [6, 6.07) is 2.76. The molecule has 21 heavy (non-hydrogen) atoms. The minimum atomic E-state index is -1.15. The molecule has 0 bridgehead atoms. The Morgan fingerprint density at radius 3 is 2.81 bits per heavy atom. The van der Waals surface area contributed by atoms with Crippen LogP contribution < -0.4 is 16.8 Å². The number of nitrogens with zero attached hydrogens (tertiary/aromatic N) is 4. The second kappa shape index (κ2) is 6.05. The number of amides is 2. The van der Waals surface area contributed by atoms with E-state index >= 15 is 0 Å². The van der Waals surface area contributed by atoms with Crippen molar-refractivity contribution in [2.24, 2.45) is 11.5 Å². The van der Waals surface area contributed by atoms with Gasteiger partial charge in [-0.3, -0.25) is 9.59 Å². The van der Waals surface area contributed by atoms with Crippen molar-refractivity contribution < 1.29 is 14.0 Å². The molecular weight excluding hydrogens is 281 g/mol. The van der Waals surface area contributed by atoms with Crippen LogP contribution in [0.2, 0.25) is 0 Å². The molecule has 1 aromatic heterocycles. The van der Waals surface area contributed by atoms with Crippen LogP contribution in [-0.4, -0.2) is 38.1 Å². The Morgan fingerprint density at radius 1 is 1.43 bits per heavy atom. The maximum absolute atomic E-state index is 13.7. The molecule has 0 aliphatic carbocycles.